The summed E-state index contributed by atoms with van der Waals surface area (Å²) in [6, 6.07) is 32.9. The molecule has 1 heteroatoms. The highest BCUT2D eigenvalue weighted by Crippen LogP contribution is 2.45. The summed E-state index contributed by atoms with van der Waals surface area (Å²) in [6.45, 7) is 0. The number of benzene rings is 8. The largest absolute Gasteiger partial charge is 0.135 e. The average molecular weight is 571 g/mol. The summed E-state index contributed by atoms with van der Waals surface area (Å²) < 4.78 is 74.4. The molecule has 0 spiro atoms. The quantitative estimate of drug-likeness (QED) is 0.185. The van der Waals surface area contributed by atoms with E-state index in [0.717, 1.165) is 32.0 Å². The van der Waals surface area contributed by atoms with Crippen LogP contribution in [0.4, 0.5) is 0 Å². The highest BCUT2D eigenvalue weighted by atomic mass is 32.1. The van der Waals surface area contributed by atoms with Gasteiger partial charge in [-0.25, -0.2) is 0 Å². The second-order valence-corrected chi connectivity index (χ2v) is 11.7. The van der Waals surface area contributed by atoms with Crippen LogP contribution in [0.2, 0.25) is 0 Å². The van der Waals surface area contributed by atoms with Gasteiger partial charge in [0, 0.05) is 20.2 Å². The summed E-state index contributed by atoms with van der Waals surface area (Å²) >= 11 is 1.71. The lowest BCUT2D eigenvalue weighted by atomic mass is 9.85. The maximum atomic E-state index is 9.31. The Morgan fingerprint density at radius 2 is 1.00 bits per heavy atom. The molecular weight excluding hydrogens is 537 g/mol. The fourth-order valence-corrected chi connectivity index (χ4v) is 7.60. The minimum atomic E-state index is -0.412. The Balaban J connectivity index is 1.46. The van der Waals surface area contributed by atoms with Crippen molar-refractivity contribution in [2.75, 3.05) is 0 Å². The van der Waals surface area contributed by atoms with Crippen LogP contribution >= 0.6 is 11.3 Å². The molecule has 0 bridgehead atoms. The first-order valence-corrected chi connectivity index (χ1v) is 14.9. The Labute approximate surface area is 265 Å². The van der Waals surface area contributed by atoms with Gasteiger partial charge in [-0.3, -0.25) is 0 Å². The maximum Gasteiger partial charge on any atom is 0.0629 e. The van der Waals surface area contributed by atoms with Crippen molar-refractivity contribution in [1.29, 1.82) is 0 Å². The monoisotopic (exact) mass is 570 g/mol. The first-order chi connectivity index (χ1) is 24.7. The Morgan fingerprint density at radius 1 is 0.419 bits per heavy atom. The van der Waals surface area contributed by atoms with Gasteiger partial charge in [0.15, 0.2) is 0 Å². The zero-order chi connectivity index (χ0) is 35.3. The minimum absolute atomic E-state index is 0.207. The topological polar surface area (TPSA) is 0 Å². The van der Waals surface area contributed by atoms with Crippen molar-refractivity contribution in [3.63, 3.8) is 0 Å². The molecule has 0 N–H and O–H groups in total. The van der Waals surface area contributed by atoms with Gasteiger partial charge in [-0.1, -0.05) is 139 Å². The summed E-state index contributed by atoms with van der Waals surface area (Å²) in [6.07, 6.45) is 0. The van der Waals surface area contributed by atoms with E-state index in [4.69, 9.17) is 5.48 Å². The van der Waals surface area contributed by atoms with Crippen molar-refractivity contribution in [2.24, 2.45) is 0 Å². The van der Waals surface area contributed by atoms with E-state index in [2.05, 4.69) is 24.3 Å². The average Bonchev–Trinajstić information content (AvgIpc) is 3.55. The van der Waals surface area contributed by atoms with E-state index in [1.54, 1.807) is 11.3 Å². The molecule has 43 heavy (non-hydrogen) atoms. The van der Waals surface area contributed by atoms with Crippen molar-refractivity contribution in [3.05, 3.63) is 158 Å². The zero-order valence-electron chi connectivity index (χ0n) is 30.8. The predicted molar refractivity (Wildman–Crippen MR) is 188 cm³/mol. The molecule has 200 valence electrons. The Bertz CT molecular complexity index is 2880. The molecule has 1 aromatic heterocycles. The summed E-state index contributed by atoms with van der Waals surface area (Å²) in [5.41, 5.74) is 3.75. The van der Waals surface area contributed by atoms with E-state index in [0.29, 0.717) is 22.3 Å². The maximum absolute atomic E-state index is 9.31. The molecule has 0 aliphatic heterocycles. The lowest BCUT2D eigenvalue weighted by Crippen LogP contribution is -1.91. The van der Waals surface area contributed by atoms with Crippen molar-refractivity contribution in [2.45, 2.75) is 0 Å². The molecular formula is C42H26S. The van der Waals surface area contributed by atoms with Crippen molar-refractivity contribution >= 4 is 63.8 Å². The Morgan fingerprint density at radius 3 is 1.74 bits per heavy atom. The molecule has 0 atom stereocenters. The Kier molecular flexibility index (Phi) is 3.97. The molecule has 0 amide bonds. The van der Waals surface area contributed by atoms with E-state index in [-0.39, 0.29) is 45.7 Å². The molecule has 0 fully saturated rings. The summed E-state index contributed by atoms with van der Waals surface area (Å²) in [5, 5.41) is 5.01. The van der Waals surface area contributed by atoms with Crippen LogP contribution in [0.5, 0.6) is 0 Å². The van der Waals surface area contributed by atoms with Gasteiger partial charge < -0.3 is 0 Å². The number of fused-ring (bicyclic) bond motifs is 6. The first kappa shape index (κ1) is 17.7. The summed E-state index contributed by atoms with van der Waals surface area (Å²) in [4.78, 5) is 0. The van der Waals surface area contributed by atoms with Crippen LogP contribution in [-0.4, -0.2) is 0 Å². The molecule has 9 rings (SSSR count). The highest BCUT2D eigenvalue weighted by molar-refractivity contribution is 7.26. The number of rotatable bonds is 3. The van der Waals surface area contributed by atoms with Crippen molar-refractivity contribution in [1.82, 2.24) is 0 Å². The van der Waals surface area contributed by atoms with E-state index < -0.39 is 24.2 Å². The normalized spacial score (nSPS) is 14.3. The molecule has 0 aliphatic carbocycles. The SMILES string of the molecule is [2H]c1c([2H])c([2H])c2c(-c3ccc4ccccc4c3)c3c([2H])c([2H])c([2H])c([2H])c3c(-c3cccc(-c4cccc5c4sc4ccccc45)c3)c2c1[2H]. The van der Waals surface area contributed by atoms with Crippen LogP contribution in [0, 0.1) is 0 Å². The number of thiophene rings is 1. The summed E-state index contributed by atoms with van der Waals surface area (Å²) in [5.74, 6) is 0. The lowest BCUT2D eigenvalue weighted by molar-refractivity contribution is 1.64. The fourth-order valence-electron chi connectivity index (χ4n) is 6.36. The van der Waals surface area contributed by atoms with Crippen LogP contribution in [-0.2, 0) is 0 Å². The lowest BCUT2D eigenvalue weighted by Gasteiger charge is -2.18. The molecule has 9 aromatic rings. The van der Waals surface area contributed by atoms with Crippen LogP contribution in [0.1, 0.15) is 11.0 Å². The Hall–Kier alpha value is -5.24. The third kappa shape index (κ3) is 3.82. The van der Waals surface area contributed by atoms with E-state index >= 15 is 0 Å². The standard InChI is InChI=1S/C42H26S/c1-2-12-28-25-31(24-23-27(28)11-1)41-36-18-5-3-16-34(36)40(35-17-4-6-19-37(35)41)30-14-9-13-29(26-30)32-20-10-21-38-33-15-7-8-22-39(33)43-42(32)38/h1-26H/i3D,4D,5D,6D,16D,17D,18D,19D. The fraction of sp³-hybridized carbons (Fsp3) is 0. The van der Waals surface area contributed by atoms with Gasteiger partial charge in [0.2, 0.25) is 0 Å². The molecule has 0 nitrogen and oxygen atoms in total. The third-order valence-electron chi connectivity index (χ3n) is 8.28. The smallest absolute Gasteiger partial charge is 0.0629 e. The van der Waals surface area contributed by atoms with Gasteiger partial charge in [-0.2, -0.15) is 0 Å². The highest BCUT2D eigenvalue weighted by Gasteiger charge is 2.18. The van der Waals surface area contributed by atoms with E-state index in [9.17, 15) is 5.48 Å². The van der Waals surface area contributed by atoms with Crippen LogP contribution in [0.25, 0.3) is 85.9 Å². The van der Waals surface area contributed by atoms with Crippen LogP contribution in [0.3, 0.4) is 0 Å². The zero-order valence-corrected chi connectivity index (χ0v) is 23.6. The van der Waals surface area contributed by atoms with Gasteiger partial charge >= 0.3 is 0 Å². The molecule has 8 aromatic carbocycles. The third-order valence-corrected chi connectivity index (χ3v) is 9.50. The van der Waals surface area contributed by atoms with Gasteiger partial charge in [-0.15, -0.1) is 11.3 Å². The van der Waals surface area contributed by atoms with Gasteiger partial charge in [0.25, 0.3) is 0 Å². The van der Waals surface area contributed by atoms with E-state index in [1.807, 2.05) is 84.9 Å². The van der Waals surface area contributed by atoms with Crippen molar-refractivity contribution in [3.8, 4) is 33.4 Å². The molecule has 0 saturated heterocycles. The number of hydrogen-bond donors (Lipinski definition) is 0. The second kappa shape index (κ2) is 9.66. The second-order valence-electron chi connectivity index (χ2n) is 10.7. The molecule has 0 aliphatic rings. The van der Waals surface area contributed by atoms with Gasteiger partial charge in [0.1, 0.15) is 0 Å². The molecule has 0 saturated carbocycles. The van der Waals surface area contributed by atoms with Crippen LogP contribution in [0.15, 0.2) is 158 Å². The molecule has 0 radical (unpaired) electrons. The minimum Gasteiger partial charge on any atom is -0.135 e. The van der Waals surface area contributed by atoms with Gasteiger partial charge in [0.05, 0.1) is 11.0 Å². The van der Waals surface area contributed by atoms with E-state index in [1.165, 1.54) is 10.1 Å². The molecule has 0 unspecified atom stereocenters. The predicted octanol–water partition coefficient (Wildman–Crippen LogP) is 12.5. The molecule has 1 heterocycles. The van der Waals surface area contributed by atoms with Crippen molar-refractivity contribution < 1.29 is 11.0 Å². The van der Waals surface area contributed by atoms with Crippen LogP contribution < -0.4 is 0 Å². The summed E-state index contributed by atoms with van der Waals surface area (Å²) in [7, 11) is 0. The number of hydrogen-bond acceptors (Lipinski definition) is 1. The first-order valence-electron chi connectivity index (χ1n) is 18.1. The van der Waals surface area contributed by atoms with Gasteiger partial charge in [-0.05, 0) is 83.9 Å².